The Morgan fingerprint density at radius 1 is 1.07 bits per heavy atom. The molecule has 8 heteroatoms. The number of hydrogen-bond acceptors (Lipinski definition) is 3. The zero-order chi connectivity index (χ0) is 28.9. The fraction of sp³-hybridized carbons (Fsp3) is 0.531. The Balaban J connectivity index is 1.47. The molecule has 0 N–H and O–H groups in total. The average molecular weight is 560 g/mol. The van der Waals surface area contributed by atoms with Crippen LogP contribution in [-0.2, 0) is 18.0 Å². The van der Waals surface area contributed by atoms with Crippen LogP contribution in [0.25, 0.3) is 0 Å². The van der Waals surface area contributed by atoms with Gasteiger partial charge < -0.3 is 4.90 Å². The van der Waals surface area contributed by atoms with Crippen LogP contribution in [0.15, 0.2) is 59.4 Å². The summed E-state index contributed by atoms with van der Waals surface area (Å²) in [6.07, 6.45) is 0.591. The van der Waals surface area contributed by atoms with Gasteiger partial charge in [-0.2, -0.15) is 13.2 Å². The van der Waals surface area contributed by atoms with E-state index in [1.165, 1.54) is 17.2 Å². The third kappa shape index (κ3) is 5.56. The Kier molecular flexibility index (Phi) is 7.62. The Labute approximate surface area is 233 Å². The fourth-order valence-electron chi connectivity index (χ4n) is 6.74. The van der Waals surface area contributed by atoms with Crippen molar-refractivity contribution in [3.8, 4) is 0 Å². The molecule has 0 bridgehead atoms. The van der Waals surface area contributed by atoms with E-state index in [1.54, 1.807) is 6.92 Å². The van der Waals surface area contributed by atoms with Crippen molar-refractivity contribution in [1.29, 1.82) is 0 Å². The molecule has 3 unspecified atom stereocenters. The number of aryl methyl sites for hydroxylation is 1. The van der Waals surface area contributed by atoms with Gasteiger partial charge in [-0.1, -0.05) is 31.2 Å². The standard InChI is InChI=1S/C32H38F5N3/c1-5-22-9-6-7-11-27(22)31(4)13-12-29(40-19-30(3,34)20-40)38-28(31)18-39-14-8-10-26(21(39)2)23-15-24(32(35,36)37)17-25(33)16-23/h6-7,9,11-12,15-17,21,26H,5,8,10,13-14,18-20H2,1-4H3. The van der Waals surface area contributed by atoms with E-state index < -0.39 is 23.2 Å². The number of aliphatic imine (C=N–C) groups is 1. The fourth-order valence-corrected chi connectivity index (χ4v) is 6.74. The number of piperidine rings is 1. The number of alkyl halides is 4. The summed E-state index contributed by atoms with van der Waals surface area (Å²) in [4.78, 5) is 9.39. The molecular weight excluding hydrogens is 521 g/mol. The third-order valence-electron chi connectivity index (χ3n) is 9.08. The first-order valence-electron chi connectivity index (χ1n) is 14.2. The lowest BCUT2D eigenvalue weighted by Gasteiger charge is -2.47. The van der Waals surface area contributed by atoms with Crippen molar-refractivity contribution in [2.75, 3.05) is 26.2 Å². The van der Waals surface area contributed by atoms with Crippen LogP contribution in [0.2, 0.25) is 0 Å². The van der Waals surface area contributed by atoms with Crippen molar-refractivity contribution in [1.82, 2.24) is 9.80 Å². The lowest BCUT2D eigenvalue weighted by molar-refractivity contribution is -0.137. The molecule has 0 amide bonds. The molecule has 3 atom stereocenters. The summed E-state index contributed by atoms with van der Waals surface area (Å²) in [6.45, 7) is 9.88. The van der Waals surface area contributed by atoms with Crippen molar-refractivity contribution >= 4 is 5.71 Å². The molecular formula is C32H38F5N3. The van der Waals surface area contributed by atoms with E-state index in [4.69, 9.17) is 4.99 Å². The second-order valence-corrected chi connectivity index (χ2v) is 12.2. The van der Waals surface area contributed by atoms with Gasteiger partial charge in [-0.3, -0.25) is 4.90 Å². The predicted octanol–water partition coefficient (Wildman–Crippen LogP) is 7.66. The summed E-state index contributed by atoms with van der Waals surface area (Å²) in [5, 5.41) is 0. The summed E-state index contributed by atoms with van der Waals surface area (Å²) in [5.74, 6) is -0.307. The van der Waals surface area contributed by atoms with E-state index in [1.807, 2.05) is 24.0 Å². The molecule has 2 aromatic carbocycles. The van der Waals surface area contributed by atoms with Gasteiger partial charge in [-0.15, -0.1) is 0 Å². The van der Waals surface area contributed by atoms with E-state index >= 15 is 0 Å². The smallest absolute Gasteiger partial charge is 0.350 e. The van der Waals surface area contributed by atoms with Crippen molar-refractivity contribution in [2.45, 2.75) is 82.6 Å². The number of rotatable bonds is 6. The Morgan fingerprint density at radius 2 is 1.80 bits per heavy atom. The monoisotopic (exact) mass is 559 g/mol. The first kappa shape index (κ1) is 28.8. The van der Waals surface area contributed by atoms with Gasteiger partial charge in [-0.25, -0.2) is 13.8 Å². The van der Waals surface area contributed by atoms with E-state index in [-0.39, 0.29) is 17.4 Å². The van der Waals surface area contributed by atoms with Gasteiger partial charge in [0.1, 0.15) is 17.3 Å². The first-order chi connectivity index (χ1) is 18.8. The summed E-state index contributed by atoms with van der Waals surface area (Å²) in [7, 11) is 0. The van der Waals surface area contributed by atoms with Gasteiger partial charge in [0.25, 0.3) is 0 Å². The minimum absolute atomic E-state index is 0.113. The highest BCUT2D eigenvalue weighted by Gasteiger charge is 2.44. The quantitative estimate of drug-likeness (QED) is 0.339. The SMILES string of the molecule is CCc1ccccc1C1(C)CC=C(N2CC(C)(F)C2)N=C1CN1CCCC(c2cc(F)cc(C(F)(F)F)c2)C1C. The first-order valence-corrected chi connectivity index (χ1v) is 14.2. The molecule has 0 aliphatic carbocycles. The molecule has 5 rings (SSSR count). The van der Waals surface area contributed by atoms with E-state index in [0.29, 0.717) is 37.7 Å². The molecule has 0 spiro atoms. The molecule has 3 nitrogen and oxygen atoms in total. The van der Waals surface area contributed by atoms with Crippen LogP contribution in [0, 0.1) is 5.82 Å². The maximum atomic E-state index is 14.4. The topological polar surface area (TPSA) is 18.8 Å². The summed E-state index contributed by atoms with van der Waals surface area (Å²) in [5.41, 5.74) is 1.27. The maximum absolute atomic E-state index is 14.4. The van der Waals surface area contributed by atoms with Crippen LogP contribution in [-0.4, -0.2) is 53.4 Å². The minimum atomic E-state index is -4.60. The van der Waals surface area contributed by atoms with E-state index in [2.05, 4.69) is 37.0 Å². The normalized spacial score (nSPS) is 27.2. The molecule has 3 heterocycles. The molecule has 2 fully saturated rings. The molecule has 40 heavy (non-hydrogen) atoms. The van der Waals surface area contributed by atoms with Crippen LogP contribution in [0.5, 0.6) is 0 Å². The van der Waals surface area contributed by atoms with E-state index in [9.17, 15) is 22.0 Å². The number of hydrogen-bond donors (Lipinski definition) is 0. The van der Waals surface area contributed by atoms with Gasteiger partial charge in [0, 0.05) is 23.7 Å². The molecule has 3 aliphatic heterocycles. The maximum Gasteiger partial charge on any atom is 0.416 e. The average Bonchev–Trinajstić information content (AvgIpc) is 2.88. The van der Waals surface area contributed by atoms with Crippen molar-refractivity contribution in [2.24, 2.45) is 4.99 Å². The van der Waals surface area contributed by atoms with Gasteiger partial charge in [0.2, 0.25) is 0 Å². The highest BCUT2D eigenvalue weighted by Crippen LogP contribution is 2.41. The van der Waals surface area contributed by atoms with Crippen LogP contribution >= 0.6 is 0 Å². The zero-order valence-electron chi connectivity index (χ0n) is 23.7. The largest absolute Gasteiger partial charge is 0.416 e. The molecule has 2 saturated heterocycles. The van der Waals surface area contributed by atoms with Crippen LogP contribution < -0.4 is 0 Å². The van der Waals surface area contributed by atoms with Gasteiger partial charge in [0.15, 0.2) is 0 Å². The Hall–Kier alpha value is -2.74. The molecule has 0 aromatic heterocycles. The third-order valence-corrected chi connectivity index (χ3v) is 9.08. The predicted molar refractivity (Wildman–Crippen MR) is 149 cm³/mol. The summed E-state index contributed by atoms with van der Waals surface area (Å²) in [6, 6.07) is 11.2. The highest BCUT2D eigenvalue weighted by molar-refractivity contribution is 5.98. The highest BCUT2D eigenvalue weighted by atomic mass is 19.4. The molecule has 3 aliphatic rings. The second kappa shape index (κ2) is 10.6. The van der Waals surface area contributed by atoms with Crippen LogP contribution in [0.4, 0.5) is 22.0 Å². The van der Waals surface area contributed by atoms with Crippen LogP contribution in [0.1, 0.15) is 75.1 Å². The number of benzene rings is 2. The van der Waals surface area contributed by atoms with Gasteiger partial charge >= 0.3 is 6.18 Å². The van der Waals surface area contributed by atoms with Crippen molar-refractivity contribution < 1.29 is 22.0 Å². The van der Waals surface area contributed by atoms with Crippen molar-refractivity contribution in [3.63, 3.8) is 0 Å². The molecule has 2 aromatic rings. The van der Waals surface area contributed by atoms with E-state index in [0.717, 1.165) is 43.4 Å². The minimum Gasteiger partial charge on any atom is -0.350 e. The number of allylic oxidation sites excluding steroid dienone is 1. The van der Waals surface area contributed by atoms with Crippen molar-refractivity contribution in [3.05, 3.63) is 82.4 Å². The summed E-state index contributed by atoms with van der Waals surface area (Å²) >= 11 is 0. The molecule has 0 saturated carbocycles. The zero-order valence-corrected chi connectivity index (χ0v) is 23.7. The number of halogens is 5. The number of nitrogens with zero attached hydrogens (tertiary/aromatic N) is 3. The Bertz CT molecular complexity index is 1310. The molecule has 0 radical (unpaired) electrons. The van der Waals surface area contributed by atoms with Gasteiger partial charge in [-0.05, 0) is 99.9 Å². The number of likely N-dealkylation sites (tertiary alicyclic amines) is 2. The van der Waals surface area contributed by atoms with Crippen LogP contribution in [0.3, 0.4) is 0 Å². The van der Waals surface area contributed by atoms with Gasteiger partial charge in [0.05, 0.1) is 18.7 Å². The molecule has 216 valence electrons. The summed E-state index contributed by atoms with van der Waals surface area (Å²) < 4.78 is 69.1. The lowest BCUT2D eigenvalue weighted by atomic mass is 9.71. The second-order valence-electron chi connectivity index (χ2n) is 12.2. The Morgan fingerprint density at radius 3 is 2.48 bits per heavy atom. The lowest BCUT2D eigenvalue weighted by Crippen LogP contribution is -2.57.